The predicted octanol–water partition coefficient (Wildman–Crippen LogP) is -4.14. The van der Waals surface area contributed by atoms with Crippen molar-refractivity contribution in [2.24, 2.45) is 5.73 Å². The molecule has 9 heteroatoms. The van der Waals surface area contributed by atoms with Crippen molar-refractivity contribution in [1.82, 2.24) is 0 Å². The Bertz CT molecular complexity index is 249. The first-order valence-electron chi connectivity index (χ1n) is 5.43. The zero-order valence-corrected chi connectivity index (χ0v) is 9.77. The molecule has 1 unspecified atom stereocenters. The van der Waals surface area contributed by atoms with E-state index in [2.05, 4.69) is 0 Å². The van der Waals surface area contributed by atoms with E-state index in [1.54, 1.807) is 0 Å². The molecular weight excluding hydrogens is 250 g/mol. The topological polar surface area (TPSA) is 188 Å². The van der Waals surface area contributed by atoms with Crippen molar-refractivity contribution in [1.29, 1.82) is 0 Å². The van der Waals surface area contributed by atoms with Gasteiger partial charge in [-0.2, -0.15) is 0 Å². The van der Waals surface area contributed by atoms with Crippen molar-refractivity contribution in [2.45, 2.75) is 49.3 Å². The monoisotopic (exact) mass is 271 g/mol. The highest BCUT2D eigenvalue weighted by Gasteiger charge is 2.64. The third-order valence-electron chi connectivity index (χ3n) is 2.63. The fourth-order valence-electron chi connectivity index (χ4n) is 1.34. The summed E-state index contributed by atoms with van der Waals surface area (Å²) in [5.74, 6) is -12.1. The highest BCUT2D eigenvalue weighted by atomic mass is 16.7. The number of aliphatic hydroxyl groups excluding tert-OH is 1. The lowest BCUT2D eigenvalue weighted by Gasteiger charge is -2.41. The normalized spacial score (nSPS) is 15.8. The molecule has 0 fully saturated rings. The number of hydrogen-bond acceptors (Lipinski definition) is 9. The molecule has 0 aromatic heterocycles. The summed E-state index contributed by atoms with van der Waals surface area (Å²) in [7, 11) is 0. The average Bonchev–Trinajstić information content (AvgIpc) is 2.22. The van der Waals surface area contributed by atoms with Crippen LogP contribution in [0.3, 0.4) is 0 Å². The lowest BCUT2D eigenvalue weighted by molar-refractivity contribution is -0.517. The zero-order chi connectivity index (χ0) is 14.6. The molecule has 0 bridgehead atoms. The van der Waals surface area contributed by atoms with Gasteiger partial charge in [-0.25, -0.2) is 0 Å². The minimum atomic E-state index is -4.21. The van der Waals surface area contributed by atoms with Crippen LogP contribution in [-0.2, 0) is 0 Å². The smallest absolute Gasteiger partial charge is 0.338 e. The largest absolute Gasteiger partial charge is 0.387 e. The van der Waals surface area contributed by atoms with Gasteiger partial charge >= 0.3 is 11.8 Å². The zero-order valence-electron chi connectivity index (χ0n) is 9.77. The molecule has 0 spiro atoms. The Kier molecular flexibility index (Phi) is 6.07. The fraction of sp³-hybridized carbons (Fsp3) is 1.00. The lowest BCUT2D eigenvalue weighted by atomic mass is 9.93. The predicted molar refractivity (Wildman–Crippen MR) is 57.3 cm³/mol. The van der Waals surface area contributed by atoms with Crippen molar-refractivity contribution in [3.8, 4) is 0 Å². The van der Waals surface area contributed by atoms with Crippen LogP contribution in [-0.4, -0.2) is 71.0 Å². The van der Waals surface area contributed by atoms with Crippen LogP contribution < -0.4 is 5.73 Å². The molecule has 0 aliphatic rings. The molecule has 10 N–H and O–H groups in total. The average molecular weight is 271 g/mol. The Morgan fingerprint density at radius 1 is 0.833 bits per heavy atom. The second-order valence-corrected chi connectivity index (χ2v) is 4.19. The summed E-state index contributed by atoms with van der Waals surface area (Å²) in [5.41, 5.74) is 5.22. The summed E-state index contributed by atoms with van der Waals surface area (Å²) in [5, 5.41) is 72.0. The molecule has 0 radical (unpaired) electrons. The van der Waals surface area contributed by atoms with Gasteiger partial charge in [0, 0.05) is 0 Å². The standard InChI is InChI=1S/C9H21NO8/c10-5-3-1-2-4-6(11)7(12,13)8(14,15)9(16,17)18/h6,11-18H,1-5,10H2. The van der Waals surface area contributed by atoms with Crippen LogP contribution in [0.1, 0.15) is 25.7 Å². The number of unbranched alkanes of at least 4 members (excludes halogenated alkanes) is 2. The first-order valence-corrected chi connectivity index (χ1v) is 5.43. The van der Waals surface area contributed by atoms with E-state index in [1.807, 2.05) is 0 Å². The Balaban J connectivity index is 4.61. The van der Waals surface area contributed by atoms with Crippen molar-refractivity contribution in [3.05, 3.63) is 0 Å². The molecule has 0 saturated heterocycles. The Morgan fingerprint density at radius 2 is 1.33 bits per heavy atom. The first-order chi connectivity index (χ1) is 7.98. The molecule has 0 aliphatic carbocycles. The van der Waals surface area contributed by atoms with Crippen molar-refractivity contribution >= 4 is 0 Å². The number of nitrogens with two attached hydrogens (primary N) is 1. The maximum absolute atomic E-state index is 9.39. The van der Waals surface area contributed by atoms with Crippen molar-refractivity contribution in [2.75, 3.05) is 6.54 Å². The van der Waals surface area contributed by atoms with Gasteiger partial charge in [-0.1, -0.05) is 12.8 Å². The number of rotatable bonds is 8. The molecule has 0 heterocycles. The van der Waals surface area contributed by atoms with Gasteiger partial charge in [0.25, 0.3) is 5.79 Å². The summed E-state index contributed by atoms with van der Waals surface area (Å²) in [6, 6.07) is 0. The van der Waals surface area contributed by atoms with Crippen LogP contribution in [0.4, 0.5) is 0 Å². The summed E-state index contributed by atoms with van der Waals surface area (Å²) >= 11 is 0. The van der Waals surface area contributed by atoms with Crippen LogP contribution in [0.15, 0.2) is 0 Å². The van der Waals surface area contributed by atoms with E-state index < -0.39 is 23.7 Å². The quantitative estimate of drug-likeness (QED) is 0.156. The molecule has 0 rings (SSSR count). The highest BCUT2D eigenvalue weighted by Crippen LogP contribution is 2.30. The Morgan fingerprint density at radius 3 is 1.72 bits per heavy atom. The summed E-state index contributed by atoms with van der Waals surface area (Å²) in [4.78, 5) is 0. The molecule has 18 heavy (non-hydrogen) atoms. The van der Waals surface area contributed by atoms with E-state index in [-0.39, 0.29) is 12.8 Å². The molecule has 1 atom stereocenters. The molecule has 9 nitrogen and oxygen atoms in total. The molecule has 0 aliphatic heterocycles. The SMILES string of the molecule is NCCCCCC(O)C(O)(O)C(O)(O)C(O)(O)O. The van der Waals surface area contributed by atoms with Gasteiger partial charge < -0.3 is 46.6 Å². The summed E-state index contributed by atoms with van der Waals surface area (Å²) < 4.78 is 0. The number of aliphatic hydroxyl groups is 8. The minimum Gasteiger partial charge on any atom is -0.387 e. The van der Waals surface area contributed by atoms with Gasteiger partial charge in [0.15, 0.2) is 0 Å². The van der Waals surface area contributed by atoms with E-state index in [9.17, 15) is 15.3 Å². The summed E-state index contributed by atoms with van der Waals surface area (Å²) in [6.45, 7) is 0.413. The van der Waals surface area contributed by atoms with Crippen LogP contribution in [0.5, 0.6) is 0 Å². The Labute approximate surface area is 103 Å². The number of hydrogen-bond donors (Lipinski definition) is 9. The van der Waals surface area contributed by atoms with E-state index in [0.717, 1.165) is 0 Å². The molecular formula is C9H21NO8. The first kappa shape index (κ1) is 17.6. The van der Waals surface area contributed by atoms with E-state index in [0.29, 0.717) is 19.4 Å². The maximum atomic E-state index is 9.39. The van der Waals surface area contributed by atoms with Crippen LogP contribution >= 0.6 is 0 Å². The maximum Gasteiger partial charge on any atom is 0.338 e. The fourth-order valence-corrected chi connectivity index (χ4v) is 1.34. The lowest BCUT2D eigenvalue weighted by Crippen LogP contribution is -2.72. The van der Waals surface area contributed by atoms with Gasteiger partial charge in [0.1, 0.15) is 6.10 Å². The van der Waals surface area contributed by atoms with Gasteiger partial charge in [-0.15, -0.1) is 0 Å². The Hall–Kier alpha value is -0.360. The van der Waals surface area contributed by atoms with E-state index in [1.165, 1.54) is 0 Å². The van der Waals surface area contributed by atoms with E-state index in [4.69, 9.17) is 31.3 Å². The molecule has 0 amide bonds. The third kappa shape index (κ3) is 3.82. The van der Waals surface area contributed by atoms with Gasteiger partial charge in [0.2, 0.25) is 0 Å². The highest BCUT2D eigenvalue weighted by molar-refractivity contribution is 4.92. The molecule has 0 saturated carbocycles. The van der Waals surface area contributed by atoms with Gasteiger partial charge in [-0.05, 0) is 19.4 Å². The molecule has 110 valence electrons. The second-order valence-electron chi connectivity index (χ2n) is 4.19. The molecule has 0 aromatic carbocycles. The van der Waals surface area contributed by atoms with Crippen LogP contribution in [0, 0.1) is 0 Å². The third-order valence-corrected chi connectivity index (χ3v) is 2.63. The van der Waals surface area contributed by atoms with Crippen LogP contribution in [0.2, 0.25) is 0 Å². The van der Waals surface area contributed by atoms with Gasteiger partial charge in [-0.3, -0.25) is 0 Å². The van der Waals surface area contributed by atoms with Crippen molar-refractivity contribution in [3.63, 3.8) is 0 Å². The minimum absolute atomic E-state index is 0.272. The second kappa shape index (κ2) is 6.19. The van der Waals surface area contributed by atoms with Crippen molar-refractivity contribution < 1.29 is 40.9 Å². The summed E-state index contributed by atoms with van der Waals surface area (Å²) in [6.07, 6.45) is -0.922. The molecule has 0 aromatic rings. The van der Waals surface area contributed by atoms with Crippen LogP contribution in [0.25, 0.3) is 0 Å². The van der Waals surface area contributed by atoms with E-state index >= 15 is 0 Å². The van der Waals surface area contributed by atoms with Gasteiger partial charge in [0.05, 0.1) is 0 Å².